The summed E-state index contributed by atoms with van der Waals surface area (Å²) in [4.78, 5) is 20.4. The SMILES string of the molecule is O=C(NC1CCS(=O)(=O)C1)c1ccnc(NCCc2ccc(F)cc2)n1. The van der Waals surface area contributed by atoms with Crippen molar-refractivity contribution in [2.75, 3.05) is 23.4 Å². The smallest absolute Gasteiger partial charge is 0.270 e. The van der Waals surface area contributed by atoms with Crippen LogP contribution in [-0.2, 0) is 16.3 Å². The van der Waals surface area contributed by atoms with Gasteiger partial charge in [-0.15, -0.1) is 0 Å². The van der Waals surface area contributed by atoms with Crippen LogP contribution in [0.25, 0.3) is 0 Å². The molecule has 7 nitrogen and oxygen atoms in total. The van der Waals surface area contributed by atoms with Crippen LogP contribution >= 0.6 is 0 Å². The first kappa shape index (κ1) is 18.2. The Morgan fingerprint density at radius 3 is 2.69 bits per heavy atom. The van der Waals surface area contributed by atoms with E-state index in [0.717, 1.165) is 5.56 Å². The molecule has 9 heteroatoms. The van der Waals surface area contributed by atoms with E-state index in [2.05, 4.69) is 20.6 Å². The lowest BCUT2D eigenvalue weighted by molar-refractivity contribution is 0.0936. The number of anilines is 1. The third kappa shape index (κ3) is 4.98. The van der Waals surface area contributed by atoms with Gasteiger partial charge in [-0.05, 0) is 36.6 Å². The van der Waals surface area contributed by atoms with Crippen LogP contribution in [0.4, 0.5) is 10.3 Å². The van der Waals surface area contributed by atoms with Crippen LogP contribution in [0.1, 0.15) is 22.5 Å². The summed E-state index contributed by atoms with van der Waals surface area (Å²) in [7, 11) is -3.06. The number of halogens is 1. The second kappa shape index (κ2) is 7.77. The molecule has 2 aromatic rings. The van der Waals surface area contributed by atoms with Crippen LogP contribution < -0.4 is 10.6 Å². The summed E-state index contributed by atoms with van der Waals surface area (Å²) in [5.41, 5.74) is 1.14. The topological polar surface area (TPSA) is 101 Å². The molecule has 0 bridgehead atoms. The largest absolute Gasteiger partial charge is 0.354 e. The molecule has 3 rings (SSSR count). The number of hydrogen-bond acceptors (Lipinski definition) is 6. The monoisotopic (exact) mass is 378 g/mol. The van der Waals surface area contributed by atoms with Gasteiger partial charge in [-0.25, -0.2) is 22.8 Å². The minimum absolute atomic E-state index is 0.0351. The average molecular weight is 378 g/mol. The van der Waals surface area contributed by atoms with Crippen LogP contribution in [-0.4, -0.2) is 48.4 Å². The van der Waals surface area contributed by atoms with E-state index in [0.29, 0.717) is 25.3 Å². The molecule has 138 valence electrons. The van der Waals surface area contributed by atoms with Crippen molar-refractivity contribution >= 4 is 21.7 Å². The van der Waals surface area contributed by atoms with Crippen LogP contribution in [0, 0.1) is 5.82 Å². The minimum atomic E-state index is -3.06. The van der Waals surface area contributed by atoms with Crippen LogP contribution in [0.3, 0.4) is 0 Å². The number of aromatic nitrogens is 2. The Morgan fingerprint density at radius 2 is 2.00 bits per heavy atom. The predicted octanol–water partition coefficient (Wildman–Crippen LogP) is 1.19. The molecule has 0 radical (unpaired) electrons. The Hall–Kier alpha value is -2.55. The molecule has 2 heterocycles. The van der Waals surface area contributed by atoms with E-state index in [-0.39, 0.29) is 29.1 Å². The molecule has 26 heavy (non-hydrogen) atoms. The Labute approximate surface area is 151 Å². The lowest BCUT2D eigenvalue weighted by Crippen LogP contribution is -2.36. The molecular formula is C17H19FN4O3S. The highest BCUT2D eigenvalue weighted by molar-refractivity contribution is 7.91. The first-order chi connectivity index (χ1) is 12.4. The van der Waals surface area contributed by atoms with Crippen molar-refractivity contribution in [3.63, 3.8) is 0 Å². The van der Waals surface area contributed by atoms with Crippen molar-refractivity contribution < 1.29 is 17.6 Å². The minimum Gasteiger partial charge on any atom is -0.354 e. The molecule has 1 aliphatic rings. The second-order valence-corrected chi connectivity index (χ2v) is 8.37. The zero-order valence-corrected chi connectivity index (χ0v) is 14.8. The lowest BCUT2D eigenvalue weighted by atomic mass is 10.1. The van der Waals surface area contributed by atoms with Crippen molar-refractivity contribution in [1.29, 1.82) is 0 Å². The van der Waals surface area contributed by atoms with Gasteiger partial charge in [0.25, 0.3) is 5.91 Å². The number of carbonyl (C=O) groups is 1. The molecule has 1 aromatic carbocycles. The molecule has 1 unspecified atom stereocenters. The van der Waals surface area contributed by atoms with Crippen LogP contribution in [0.5, 0.6) is 0 Å². The van der Waals surface area contributed by atoms with Crippen molar-refractivity contribution in [3.05, 3.63) is 53.6 Å². The van der Waals surface area contributed by atoms with Crippen molar-refractivity contribution in [1.82, 2.24) is 15.3 Å². The first-order valence-electron chi connectivity index (χ1n) is 8.24. The van der Waals surface area contributed by atoms with Crippen molar-refractivity contribution in [3.8, 4) is 0 Å². The van der Waals surface area contributed by atoms with Gasteiger partial charge in [0.05, 0.1) is 11.5 Å². The molecule has 2 N–H and O–H groups in total. The molecule has 1 amide bonds. The van der Waals surface area contributed by atoms with Gasteiger partial charge in [0, 0.05) is 18.8 Å². The van der Waals surface area contributed by atoms with E-state index in [1.165, 1.54) is 24.4 Å². The highest BCUT2D eigenvalue weighted by atomic mass is 32.2. The molecule has 0 aliphatic carbocycles. The van der Waals surface area contributed by atoms with Crippen molar-refractivity contribution in [2.45, 2.75) is 18.9 Å². The maximum Gasteiger partial charge on any atom is 0.270 e. The molecule has 1 atom stereocenters. The van der Waals surface area contributed by atoms with E-state index in [1.54, 1.807) is 12.1 Å². The average Bonchev–Trinajstić information content (AvgIpc) is 2.95. The van der Waals surface area contributed by atoms with Gasteiger partial charge < -0.3 is 10.6 Å². The zero-order chi connectivity index (χ0) is 18.6. The fourth-order valence-electron chi connectivity index (χ4n) is 2.71. The Kier molecular flexibility index (Phi) is 5.46. The number of nitrogens with zero attached hydrogens (tertiary/aromatic N) is 2. The Bertz CT molecular complexity index is 887. The van der Waals surface area contributed by atoms with Gasteiger partial charge >= 0.3 is 0 Å². The van der Waals surface area contributed by atoms with Crippen LogP contribution in [0.15, 0.2) is 36.5 Å². The van der Waals surface area contributed by atoms with E-state index < -0.39 is 15.7 Å². The number of hydrogen-bond donors (Lipinski definition) is 2. The summed E-state index contributed by atoms with van der Waals surface area (Å²) in [6, 6.07) is 7.32. The fourth-order valence-corrected chi connectivity index (χ4v) is 4.38. The zero-order valence-electron chi connectivity index (χ0n) is 14.0. The highest BCUT2D eigenvalue weighted by Gasteiger charge is 2.29. The number of carbonyl (C=O) groups excluding carboxylic acids is 1. The summed E-state index contributed by atoms with van der Waals surface area (Å²) >= 11 is 0. The molecule has 0 spiro atoms. The molecule has 1 saturated heterocycles. The van der Waals surface area contributed by atoms with Crippen molar-refractivity contribution in [2.24, 2.45) is 0 Å². The fraction of sp³-hybridized carbons (Fsp3) is 0.353. The van der Waals surface area contributed by atoms with Gasteiger partial charge in [-0.3, -0.25) is 4.79 Å². The number of nitrogens with one attached hydrogen (secondary N) is 2. The quantitative estimate of drug-likeness (QED) is 0.783. The Morgan fingerprint density at radius 1 is 1.23 bits per heavy atom. The van der Waals surface area contributed by atoms with Gasteiger partial charge in [-0.2, -0.15) is 0 Å². The normalized spacial score (nSPS) is 18.4. The maximum absolute atomic E-state index is 12.9. The van der Waals surface area contributed by atoms with Gasteiger partial charge in [0.2, 0.25) is 5.95 Å². The molecular weight excluding hydrogens is 359 g/mol. The third-order valence-corrected chi connectivity index (χ3v) is 5.83. The number of rotatable bonds is 6. The van der Waals surface area contributed by atoms with Crippen LogP contribution in [0.2, 0.25) is 0 Å². The summed E-state index contributed by atoms with van der Waals surface area (Å²) in [5.74, 6) is -0.335. The molecule has 1 aliphatic heterocycles. The first-order valence-corrected chi connectivity index (χ1v) is 10.1. The predicted molar refractivity (Wildman–Crippen MR) is 95.2 cm³/mol. The Balaban J connectivity index is 1.54. The summed E-state index contributed by atoms with van der Waals surface area (Å²) in [5, 5.41) is 5.71. The lowest BCUT2D eigenvalue weighted by Gasteiger charge is -2.11. The summed E-state index contributed by atoms with van der Waals surface area (Å²) < 4.78 is 35.8. The maximum atomic E-state index is 12.9. The number of benzene rings is 1. The third-order valence-electron chi connectivity index (χ3n) is 4.07. The number of sulfone groups is 1. The summed E-state index contributed by atoms with van der Waals surface area (Å²) in [6.45, 7) is 0.525. The molecule has 1 fully saturated rings. The molecule has 0 saturated carbocycles. The van der Waals surface area contributed by atoms with E-state index in [4.69, 9.17) is 0 Å². The number of amides is 1. The molecule has 1 aromatic heterocycles. The van der Waals surface area contributed by atoms with E-state index >= 15 is 0 Å². The summed E-state index contributed by atoms with van der Waals surface area (Å²) in [6.07, 6.45) is 2.54. The second-order valence-electron chi connectivity index (χ2n) is 6.14. The van der Waals surface area contributed by atoms with Gasteiger partial charge in [0.1, 0.15) is 11.5 Å². The van der Waals surface area contributed by atoms with Gasteiger partial charge in [0.15, 0.2) is 9.84 Å². The highest BCUT2D eigenvalue weighted by Crippen LogP contribution is 2.12. The van der Waals surface area contributed by atoms with Gasteiger partial charge in [-0.1, -0.05) is 12.1 Å². The van der Waals surface area contributed by atoms with E-state index in [9.17, 15) is 17.6 Å². The standard InChI is InChI=1S/C17H19FN4O3S/c18-13-3-1-12(2-4-13)5-8-19-17-20-9-6-15(22-17)16(23)21-14-7-10-26(24,25)11-14/h1-4,6,9,14H,5,7-8,10-11H2,(H,21,23)(H,19,20,22). The van der Waals surface area contributed by atoms with E-state index in [1.807, 2.05) is 0 Å².